The van der Waals surface area contributed by atoms with Gasteiger partial charge in [0.15, 0.2) is 0 Å². The fourth-order valence-electron chi connectivity index (χ4n) is 3.19. The van der Waals surface area contributed by atoms with Crippen molar-refractivity contribution < 1.29 is 46.1 Å². The third-order valence-corrected chi connectivity index (χ3v) is 5.67. The number of alkyl halides is 6. The number of carbonyl (C=O) groups is 2. The van der Waals surface area contributed by atoms with E-state index >= 15 is 0 Å². The van der Waals surface area contributed by atoms with E-state index in [-0.39, 0.29) is 0 Å². The van der Waals surface area contributed by atoms with E-state index < -0.39 is 24.3 Å². The quantitative estimate of drug-likeness (QED) is 0.450. The van der Waals surface area contributed by atoms with Gasteiger partial charge in [-0.3, -0.25) is 9.88 Å². The highest BCUT2D eigenvalue weighted by molar-refractivity contribution is 7.09. The van der Waals surface area contributed by atoms with Gasteiger partial charge in [0.1, 0.15) is 6.33 Å². The van der Waals surface area contributed by atoms with Crippen LogP contribution in [0.25, 0.3) is 11.3 Å². The second-order valence-electron chi connectivity index (χ2n) is 7.63. The number of aryl methyl sites for hydroxylation is 1. The van der Waals surface area contributed by atoms with Crippen LogP contribution < -0.4 is 0 Å². The van der Waals surface area contributed by atoms with Gasteiger partial charge in [0.05, 0.1) is 16.4 Å². The van der Waals surface area contributed by atoms with Crippen LogP contribution in [0.3, 0.4) is 0 Å². The van der Waals surface area contributed by atoms with Crippen LogP contribution in [-0.4, -0.2) is 72.4 Å². The zero-order valence-corrected chi connectivity index (χ0v) is 20.4. The van der Waals surface area contributed by atoms with E-state index in [4.69, 9.17) is 19.8 Å². The average molecular weight is 565 g/mol. The molecule has 0 amide bonds. The van der Waals surface area contributed by atoms with Gasteiger partial charge >= 0.3 is 24.3 Å². The molecule has 0 bridgehead atoms. The Balaban J connectivity index is 0.000000301. The van der Waals surface area contributed by atoms with Crippen molar-refractivity contribution in [1.82, 2.24) is 24.8 Å². The Bertz CT molecular complexity index is 1200. The lowest BCUT2D eigenvalue weighted by Crippen LogP contribution is -2.26. The van der Waals surface area contributed by atoms with Crippen molar-refractivity contribution >= 4 is 23.3 Å². The second kappa shape index (κ2) is 13.2. The van der Waals surface area contributed by atoms with Gasteiger partial charge in [-0.15, -0.1) is 11.3 Å². The number of hydrogen-bond donors (Lipinski definition) is 2. The fourth-order valence-corrected chi connectivity index (χ4v) is 3.80. The smallest absolute Gasteiger partial charge is 0.475 e. The lowest BCUT2D eigenvalue weighted by atomic mass is 10.0. The molecule has 0 radical (unpaired) electrons. The second-order valence-corrected chi connectivity index (χ2v) is 8.69. The molecule has 0 spiro atoms. The van der Waals surface area contributed by atoms with E-state index in [1.807, 2.05) is 12.3 Å². The molecule has 0 aromatic carbocycles. The predicted molar refractivity (Wildman–Crippen MR) is 122 cm³/mol. The van der Waals surface area contributed by atoms with Crippen LogP contribution >= 0.6 is 11.3 Å². The molecule has 0 unspecified atom stereocenters. The first kappa shape index (κ1) is 30.6. The normalized spacial score (nSPS) is 13.7. The van der Waals surface area contributed by atoms with Crippen molar-refractivity contribution in [3.8, 4) is 11.3 Å². The summed E-state index contributed by atoms with van der Waals surface area (Å²) in [5.41, 5.74) is 5.70. The molecule has 3 aromatic rings. The zero-order chi connectivity index (χ0) is 28.5. The van der Waals surface area contributed by atoms with Gasteiger partial charge in [-0.2, -0.15) is 26.3 Å². The molecule has 3 aromatic heterocycles. The largest absolute Gasteiger partial charge is 0.490 e. The summed E-state index contributed by atoms with van der Waals surface area (Å²) >= 11 is 1.72. The topological polar surface area (TPSA) is 129 Å². The SMILES string of the molecule is Cc1nc(CN2CCc3ncnc(-c4cccnc4)c3CC2)cs1.O=C(O)C(F)(F)F.O=C(O)C(F)(F)F. The summed E-state index contributed by atoms with van der Waals surface area (Å²) in [4.78, 5) is 38.1. The van der Waals surface area contributed by atoms with Gasteiger partial charge in [0, 0.05) is 60.6 Å². The van der Waals surface area contributed by atoms with Crippen molar-refractivity contribution in [2.45, 2.75) is 38.7 Å². The van der Waals surface area contributed by atoms with Crippen LogP contribution in [0.4, 0.5) is 26.3 Å². The van der Waals surface area contributed by atoms with Crippen LogP contribution in [0.5, 0.6) is 0 Å². The Morgan fingerprint density at radius 3 is 2.13 bits per heavy atom. The maximum Gasteiger partial charge on any atom is 0.490 e. The number of carboxylic acids is 2. The first-order valence-corrected chi connectivity index (χ1v) is 11.5. The molecular formula is C22H21F6N5O4S. The molecule has 16 heteroatoms. The maximum absolute atomic E-state index is 10.6. The molecule has 9 nitrogen and oxygen atoms in total. The molecule has 4 rings (SSSR count). The molecule has 38 heavy (non-hydrogen) atoms. The highest BCUT2D eigenvalue weighted by Crippen LogP contribution is 2.25. The van der Waals surface area contributed by atoms with Gasteiger partial charge in [-0.1, -0.05) is 0 Å². The Labute approximate surface area is 215 Å². The minimum atomic E-state index is -5.08. The number of hydrogen-bond acceptors (Lipinski definition) is 8. The Morgan fingerprint density at radius 1 is 1.03 bits per heavy atom. The number of rotatable bonds is 3. The van der Waals surface area contributed by atoms with E-state index in [9.17, 15) is 26.3 Å². The molecule has 2 N–H and O–H groups in total. The van der Waals surface area contributed by atoms with Crippen LogP contribution in [-0.2, 0) is 29.0 Å². The number of nitrogens with zero attached hydrogens (tertiary/aromatic N) is 5. The summed E-state index contributed by atoms with van der Waals surface area (Å²) in [6.07, 6.45) is -2.90. The Morgan fingerprint density at radius 2 is 1.63 bits per heavy atom. The monoisotopic (exact) mass is 565 g/mol. The standard InChI is InChI=1S/C18H19N5S.2C2HF3O2/c1-13-22-15(11-24-13)10-23-7-4-16-17(5-8-23)20-12-21-18(16)14-3-2-6-19-9-14;2*3-2(4,5)1(6)7/h2-3,6,9,11-12H,4-5,7-8,10H2,1H3;2*(H,6,7). The number of aliphatic carboxylic acids is 2. The summed E-state index contributed by atoms with van der Waals surface area (Å²) in [5, 5.41) is 17.5. The third-order valence-electron chi connectivity index (χ3n) is 4.85. The first-order valence-electron chi connectivity index (χ1n) is 10.6. The molecule has 206 valence electrons. The predicted octanol–water partition coefficient (Wildman–Crippen LogP) is 4.17. The van der Waals surface area contributed by atoms with Gasteiger partial charge < -0.3 is 10.2 Å². The average Bonchev–Trinajstić information content (AvgIpc) is 3.13. The number of thiazole rings is 1. The van der Waals surface area contributed by atoms with Gasteiger partial charge in [-0.05, 0) is 25.5 Å². The molecule has 0 aliphatic carbocycles. The number of halogens is 6. The summed E-state index contributed by atoms with van der Waals surface area (Å²) in [6.45, 7) is 4.98. The van der Waals surface area contributed by atoms with Crippen LogP contribution in [0.2, 0.25) is 0 Å². The number of pyridine rings is 1. The molecule has 0 atom stereocenters. The molecular weight excluding hydrogens is 544 g/mol. The van der Waals surface area contributed by atoms with Crippen LogP contribution in [0.15, 0.2) is 36.2 Å². The van der Waals surface area contributed by atoms with Crippen LogP contribution in [0, 0.1) is 6.92 Å². The van der Waals surface area contributed by atoms with Crippen molar-refractivity contribution in [1.29, 1.82) is 0 Å². The van der Waals surface area contributed by atoms with E-state index in [2.05, 4.69) is 43.2 Å². The number of aromatic nitrogens is 4. The van der Waals surface area contributed by atoms with E-state index in [1.165, 1.54) is 17.0 Å². The zero-order valence-electron chi connectivity index (χ0n) is 19.6. The fraction of sp³-hybridized carbons (Fsp3) is 0.364. The molecule has 1 aliphatic heterocycles. The number of carboxylic acid groups (broad SMARTS) is 2. The van der Waals surface area contributed by atoms with E-state index in [1.54, 1.807) is 23.9 Å². The van der Waals surface area contributed by atoms with Gasteiger partial charge in [0.2, 0.25) is 0 Å². The van der Waals surface area contributed by atoms with E-state index in [0.29, 0.717) is 0 Å². The van der Waals surface area contributed by atoms with Crippen molar-refractivity contribution in [2.24, 2.45) is 0 Å². The number of fused-ring (bicyclic) bond motifs is 1. The molecule has 1 aliphatic rings. The highest BCUT2D eigenvalue weighted by atomic mass is 32.1. The summed E-state index contributed by atoms with van der Waals surface area (Å²) in [7, 11) is 0. The molecule has 0 saturated heterocycles. The lowest BCUT2D eigenvalue weighted by molar-refractivity contribution is -0.193. The minimum absolute atomic E-state index is 0.911. The van der Waals surface area contributed by atoms with Crippen LogP contribution in [0.1, 0.15) is 22.0 Å². The van der Waals surface area contributed by atoms with Crippen molar-refractivity contribution in [2.75, 3.05) is 13.1 Å². The van der Waals surface area contributed by atoms with E-state index in [0.717, 1.165) is 48.7 Å². The maximum atomic E-state index is 10.6. The molecule has 4 heterocycles. The lowest BCUT2D eigenvalue weighted by Gasteiger charge is -2.18. The molecule has 0 fully saturated rings. The molecule has 0 saturated carbocycles. The summed E-state index contributed by atoms with van der Waals surface area (Å²) < 4.78 is 63.5. The third kappa shape index (κ3) is 9.66. The van der Waals surface area contributed by atoms with Crippen molar-refractivity contribution in [3.63, 3.8) is 0 Å². The van der Waals surface area contributed by atoms with Crippen molar-refractivity contribution in [3.05, 3.63) is 58.2 Å². The minimum Gasteiger partial charge on any atom is -0.475 e. The Hall–Kier alpha value is -3.66. The first-order chi connectivity index (χ1) is 17.7. The Kier molecular flexibility index (Phi) is 10.6. The van der Waals surface area contributed by atoms with Gasteiger partial charge in [-0.25, -0.2) is 24.5 Å². The summed E-state index contributed by atoms with van der Waals surface area (Å²) in [6, 6.07) is 4.02. The van der Waals surface area contributed by atoms with Gasteiger partial charge in [0.25, 0.3) is 0 Å². The highest BCUT2D eigenvalue weighted by Gasteiger charge is 2.38. The summed E-state index contributed by atoms with van der Waals surface area (Å²) in [5.74, 6) is -5.51.